The number of ether oxygens (including phenoxy) is 2. The molecule has 6 nitrogen and oxygen atoms in total. The summed E-state index contributed by atoms with van der Waals surface area (Å²) in [6.07, 6.45) is 1.80. The van der Waals surface area contributed by atoms with E-state index >= 15 is 0 Å². The summed E-state index contributed by atoms with van der Waals surface area (Å²) in [6, 6.07) is 19.9. The minimum atomic E-state index is 0. The van der Waals surface area contributed by atoms with Gasteiger partial charge in [-0.2, -0.15) is 0 Å². The minimum absolute atomic E-state index is 0. The van der Waals surface area contributed by atoms with E-state index in [4.69, 9.17) is 9.47 Å². The van der Waals surface area contributed by atoms with Crippen LogP contribution >= 0.6 is 24.0 Å². The van der Waals surface area contributed by atoms with Gasteiger partial charge in [-0.25, -0.2) is 0 Å². The van der Waals surface area contributed by atoms with Crippen molar-refractivity contribution in [2.45, 2.75) is 13.5 Å². The van der Waals surface area contributed by atoms with Crippen molar-refractivity contribution >= 4 is 35.6 Å². The van der Waals surface area contributed by atoms with Crippen LogP contribution in [0.25, 0.3) is 11.3 Å². The van der Waals surface area contributed by atoms with Crippen molar-refractivity contribution in [2.24, 2.45) is 4.99 Å². The number of guanidine groups is 1. The Bertz CT molecular complexity index is 964. The number of pyridine rings is 1. The van der Waals surface area contributed by atoms with E-state index in [1.807, 2.05) is 49.4 Å². The minimum Gasteiger partial charge on any atom is -0.493 e. The molecule has 0 fully saturated rings. The lowest BCUT2D eigenvalue weighted by molar-refractivity contribution is 0.311. The Morgan fingerprint density at radius 1 is 1.03 bits per heavy atom. The fourth-order valence-corrected chi connectivity index (χ4v) is 2.90. The predicted molar refractivity (Wildman–Crippen MR) is 133 cm³/mol. The standard InChI is InChI=1S/C23H26N4O2.HI/c1-4-29-22-15-19(11-12-21(22)28-3)27-23(24-2)26-16-17-8-7-9-18(14-17)20-10-5-6-13-25-20;/h5-15H,4,16H2,1-3H3,(H2,24,26,27);1H. The number of hydrogen-bond donors (Lipinski definition) is 2. The molecular weight excluding hydrogens is 491 g/mol. The molecule has 2 aromatic carbocycles. The number of methoxy groups -OCH3 is 1. The molecule has 0 bridgehead atoms. The van der Waals surface area contributed by atoms with Gasteiger partial charge < -0.3 is 20.1 Å². The van der Waals surface area contributed by atoms with E-state index in [2.05, 4.69) is 38.8 Å². The quantitative estimate of drug-likeness (QED) is 0.263. The van der Waals surface area contributed by atoms with Gasteiger partial charge in [-0.05, 0) is 42.8 Å². The van der Waals surface area contributed by atoms with E-state index in [1.54, 1.807) is 20.4 Å². The first-order valence-electron chi connectivity index (χ1n) is 9.52. The topological polar surface area (TPSA) is 67.8 Å². The van der Waals surface area contributed by atoms with Crippen LogP contribution in [0.15, 0.2) is 71.9 Å². The van der Waals surface area contributed by atoms with Gasteiger partial charge in [0, 0.05) is 37.1 Å². The fraction of sp³-hybridized carbons (Fsp3) is 0.217. The molecule has 2 N–H and O–H groups in total. The fourth-order valence-electron chi connectivity index (χ4n) is 2.90. The Labute approximate surface area is 194 Å². The van der Waals surface area contributed by atoms with Gasteiger partial charge >= 0.3 is 0 Å². The molecule has 30 heavy (non-hydrogen) atoms. The molecule has 158 valence electrons. The molecule has 0 radical (unpaired) electrons. The summed E-state index contributed by atoms with van der Waals surface area (Å²) in [6.45, 7) is 3.15. The molecule has 1 aromatic heterocycles. The van der Waals surface area contributed by atoms with E-state index in [-0.39, 0.29) is 24.0 Å². The second kappa shape index (κ2) is 12.0. The average Bonchev–Trinajstić information content (AvgIpc) is 2.78. The molecule has 0 unspecified atom stereocenters. The first kappa shape index (κ1) is 23.5. The molecule has 0 saturated carbocycles. The predicted octanol–water partition coefficient (Wildman–Crippen LogP) is 4.96. The summed E-state index contributed by atoms with van der Waals surface area (Å²) in [5.74, 6) is 2.06. The highest BCUT2D eigenvalue weighted by atomic mass is 127. The summed E-state index contributed by atoms with van der Waals surface area (Å²) in [7, 11) is 3.37. The summed E-state index contributed by atoms with van der Waals surface area (Å²) in [4.78, 5) is 8.72. The number of anilines is 1. The van der Waals surface area contributed by atoms with Gasteiger partial charge in [-0.15, -0.1) is 24.0 Å². The van der Waals surface area contributed by atoms with Gasteiger partial charge in [0.1, 0.15) is 0 Å². The van der Waals surface area contributed by atoms with Gasteiger partial charge in [0.05, 0.1) is 19.4 Å². The highest BCUT2D eigenvalue weighted by molar-refractivity contribution is 14.0. The van der Waals surface area contributed by atoms with Gasteiger partial charge in [-0.1, -0.05) is 24.3 Å². The lowest BCUT2D eigenvalue weighted by Crippen LogP contribution is -2.30. The number of halogens is 1. The first-order chi connectivity index (χ1) is 14.2. The van der Waals surface area contributed by atoms with Gasteiger partial charge in [0.2, 0.25) is 0 Å². The molecular formula is C23H27IN4O2. The molecule has 0 aliphatic carbocycles. The second-order valence-electron chi connectivity index (χ2n) is 6.26. The van der Waals surface area contributed by atoms with Crippen molar-refractivity contribution in [1.29, 1.82) is 0 Å². The van der Waals surface area contributed by atoms with Crippen LogP contribution in [0, 0.1) is 0 Å². The maximum atomic E-state index is 5.64. The molecule has 0 spiro atoms. The van der Waals surface area contributed by atoms with Crippen molar-refractivity contribution in [2.75, 3.05) is 26.1 Å². The van der Waals surface area contributed by atoms with Crippen LogP contribution in [0.4, 0.5) is 5.69 Å². The molecule has 3 aromatic rings. The van der Waals surface area contributed by atoms with Crippen LogP contribution in [0.1, 0.15) is 12.5 Å². The Kier molecular flexibility index (Phi) is 9.40. The summed E-state index contributed by atoms with van der Waals surface area (Å²) >= 11 is 0. The Balaban J connectivity index is 0.00000320. The molecule has 0 aliphatic heterocycles. The van der Waals surface area contributed by atoms with E-state index in [1.165, 1.54) is 0 Å². The number of hydrogen-bond acceptors (Lipinski definition) is 4. The van der Waals surface area contributed by atoms with Gasteiger partial charge in [-0.3, -0.25) is 9.98 Å². The Morgan fingerprint density at radius 3 is 2.60 bits per heavy atom. The van der Waals surface area contributed by atoms with Crippen molar-refractivity contribution in [3.63, 3.8) is 0 Å². The molecule has 7 heteroatoms. The Morgan fingerprint density at radius 2 is 1.90 bits per heavy atom. The largest absolute Gasteiger partial charge is 0.493 e. The molecule has 0 aliphatic rings. The number of nitrogens with zero attached hydrogens (tertiary/aromatic N) is 2. The van der Waals surface area contributed by atoms with E-state index in [0.717, 1.165) is 22.5 Å². The number of benzene rings is 2. The van der Waals surface area contributed by atoms with Crippen molar-refractivity contribution < 1.29 is 9.47 Å². The lowest BCUT2D eigenvalue weighted by Gasteiger charge is -2.15. The molecule has 0 atom stereocenters. The van der Waals surface area contributed by atoms with Crippen LogP contribution < -0.4 is 20.1 Å². The van der Waals surface area contributed by atoms with E-state index in [0.29, 0.717) is 30.6 Å². The monoisotopic (exact) mass is 518 g/mol. The lowest BCUT2D eigenvalue weighted by atomic mass is 10.1. The number of nitrogens with one attached hydrogen (secondary N) is 2. The third-order valence-corrected chi connectivity index (χ3v) is 4.30. The van der Waals surface area contributed by atoms with Gasteiger partial charge in [0.15, 0.2) is 17.5 Å². The summed E-state index contributed by atoms with van der Waals surface area (Å²) in [5, 5.41) is 6.63. The van der Waals surface area contributed by atoms with E-state index < -0.39 is 0 Å². The third kappa shape index (κ3) is 6.35. The number of rotatable bonds is 7. The average molecular weight is 518 g/mol. The zero-order chi connectivity index (χ0) is 20.5. The number of aliphatic imine (C=N–C) groups is 1. The maximum absolute atomic E-state index is 5.64. The van der Waals surface area contributed by atoms with Crippen LogP contribution in [-0.2, 0) is 6.54 Å². The van der Waals surface area contributed by atoms with Crippen LogP contribution in [0.3, 0.4) is 0 Å². The highest BCUT2D eigenvalue weighted by Crippen LogP contribution is 2.30. The zero-order valence-electron chi connectivity index (χ0n) is 17.4. The van der Waals surface area contributed by atoms with Crippen molar-refractivity contribution in [3.8, 4) is 22.8 Å². The molecule has 3 rings (SSSR count). The Hall–Kier alpha value is -2.81. The van der Waals surface area contributed by atoms with Crippen molar-refractivity contribution in [3.05, 3.63) is 72.4 Å². The first-order valence-corrected chi connectivity index (χ1v) is 9.52. The number of aromatic nitrogens is 1. The molecule has 0 saturated heterocycles. The van der Waals surface area contributed by atoms with Crippen LogP contribution in [-0.4, -0.2) is 31.7 Å². The molecule has 0 amide bonds. The van der Waals surface area contributed by atoms with E-state index in [9.17, 15) is 0 Å². The highest BCUT2D eigenvalue weighted by Gasteiger charge is 2.07. The van der Waals surface area contributed by atoms with Gasteiger partial charge in [0.25, 0.3) is 0 Å². The van der Waals surface area contributed by atoms with Crippen LogP contribution in [0.5, 0.6) is 11.5 Å². The second-order valence-corrected chi connectivity index (χ2v) is 6.26. The van der Waals surface area contributed by atoms with Crippen molar-refractivity contribution in [1.82, 2.24) is 10.3 Å². The van der Waals surface area contributed by atoms with Crippen LogP contribution in [0.2, 0.25) is 0 Å². The SMILES string of the molecule is CCOc1cc(NC(=NC)NCc2cccc(-c3ccccn3)c2)ccc1OC.I. The molecule has 1 heterocycles. The summed E-state index contributed by atoms with van der Waals surface area (Å²) in [5.41, 5.74) is 4.05. The maximum Gasteiger partial charge on any atom is 0.195 e. The summed E-state index contributed by atoms with van der Waals surface area (Å²) < 4.78 is 11.0. The normalized spacial score (nSPS) is 10.7. The smallest absolute Gasteiger partial charge is 0.195 e. The third-order valence-electron chi connectivity index (χ3n) is 4.30. The zero-order valence-corrected chi connectivity index (χ0v) is 19.7.